The lowest BCUT2D eigenvalue weighted by atomic mass is 10.1. The van der Waals surface area contributed by atoms with Gasteiger partial charge in [-0.1, -0.05) is 6.07 Å². The van der Waals surface area contributed by atoms with E-state index in [1.165, 1.54) is 11.1 Å². The van der Waals surface area contributed by atoms with Gasteiger partial charge in [-0.05, 0) is 30.2 Å². The minimum Gasteiger partial charge on any atom is -0.336 e. The molecule has 1 N–H and O–H groups in total. The molecule has 0 atom stereocenters. The van der Waals surface area contributed by atoms with E-state index in [-0.39, 0.29) is 5.91 Å². The highest BCUT2D eigenvalue weighted by molar-refractivity contribution is 7.09. The highest BCUT2D eigenvalue weighted by Gasteiger charge is 2.23. The number of benzene rings is 1. The second kappa shape index (κ2) is 6.63. The molecule has 1 amide bonds. The van der Waals surface area contributed by atoms with Gasteiger partial charge in [-0.2, -0.15) is 0 Å². The van der Waals surface area contributed by atoms with Gasteiger partial charge < -0.3 is 10.2 Å². The Labute approximate surface area is 146 Å². The first-order valence-corrected chi connectivity index (χ1v) is 9.32. The third kappa shape index (κ3) is 3.22. The highest BCUT2D eigenvalue weighted by atomic mass is 32.1. The van der Waals surface area contributed by atoms with Crippen LogP contribution in [-0.4, -0.2) is 46.9 Å². The van der Waals surface area contributed by atoms with E-state index in [2.05, 4.69) is 32.7 Å². The van der Waals surface area contributed by atoms with Crippen LogP contribution in [0.2, 0.25) is 0 Å². The van der Waals surface area contributed by atoms with E-state index in [9.17, 15) is 4.79 Å². The number of nitrogens with one attached hydrogen (secondary N) is 1. The van der Waals surface area contributed by atoms with Crippen molar-refractivity contribution in [3.05, 3.63) is 51.0 Å². The summed E-state index contributed by atoms with van der Waals surface area (Å²) in [5.41, 5.74) is 4.54. The van der Waals surface area contributed by atoms with Crippen LogP contribution in [0.15, 0.2) is 23.6 Å². The van der Waals surface area contributed by atoms with E-state index < -0.39 is 0 Å². The number of hydrogen-bond acceptors (Lipinski definition) is 5. The topological polar surface area (TPSA) is 48.5 Å². The molecule has 0 spiro atoms. The van der Waals surface area contributed by atoms with Crippen LogP contribution >= 0.6 is 11.3 Å². The zero-order valence-electron chi connectivity index (χ0n) is 13.9. The Morgan fingerprint density at radius 1 is 1.21 bits per heavy atom. The first-order chi connectivity index (χ1) is 11.7. The molecular weight excluding hydrogens is 320 g/mol. The molecule has 6 heteroatoms. The van der Waals surface area contributed by atoms with E-state index >= 15 is 0 Å². The molecule has 126 valence electrons. The van der Waals surface area contributed by atoms with Crippen LogP contribution in [0.4, 0.5) is 0 Å². The van der Waals surface area contributed by atoms with Crippen LogP contribution in [0.5, 0.6) is 0 Å². The summed E-state index contributed by atoms with van der Waals surface area (Å²) in [7, 11) is 0. The summed E-state index contributed by atoms with van der Waals surface area (Å²) in [6.45, 7) is 8.11. The Balaban J connectivity index is 1.36. The van der Waals surface area contributed by atoms with Crippen LogP contribution in [0.3, 0.4) is 0 Å². The van der Waals surface area contributed by atoms with Crippen LogP contribution < -0.4 is 5.32 Å². The second-order valence-corrected chi connectivity index (χ2v) is 7.58. The fraction of sp³-hybridized carbons (Fsp3) is 0.444. The van der Waals surface area contributed by atoms with Gasteiger partial charge in [0.2, 0.25) is 0 Å². The molecule has 4 rings (SSSR count). The lowest BCUT2D eigenvalue weighted by Gasteiger charge is -2.34. The van der Waals surface area contributed by atoms with Crippen molar-refractivity contribution < 1.29 is 4.79 Å². The van der Waals surface area contributed by atoms with E-state index in [4.69, 9.17) is 0 Å². The maximum Gasteiger partial charge on any atom is 0.253 e. The number of carbonyl (C=O) groups excluding carboxylic acids is 1. The van der Waals surface area contributed by atoms with Crippen LogP contribution in [0.1, 0.15) is 32.2 Å². The minimum absolute atomic E-state index is 0.161. The number of amides is 1. The molecule has 2 aromatic rings. The number of piperazine rings is 1. The lowest BCUT2D eigenvalue weighted by molar-refractivity contribution is 0.0627. The fourth-order valence-corrected chi connectivity index (χ4v) is 4.03. The molecule has 2 aliphatic rings. The largest absolute Gasteiger partial charge is 0.336 e. The van der Waals surface area contributed by atoms with E-state index in [0.29, 0.717) is 0 Å². The number of nitrogens with zero attached hydrogens (tertiary/aromatic N) is 3. The Hall–Kier alpha value is -1.76. The molecule has 2 aliphatic heterocycles. The van der Waals surface area contributed by atoms with Gasteiger partial charge in [0.05, 0.1) is 10.7 Å². The van der Waals surface area contributed by atoms with Crippen molar-refractivity contribution in [3.63, 3.8) is 0 Å². The molecule has 0 bridgehead atoms. The first kappa shape index (κ1) is 15.7. The van der Waals surface area contributed by atoms with Crippen LogP contribution in [0, 0.1) is 6.92 Å². The molecule has 0 radical (unpaired) electrons. The van der Waals surface area contributed by atoms with Crippen molar-refractivity contribution in [3.8, 4) is 0 Å². The van der Waals surface area contributed by atoms with Crippen molar-refractivity contribution in [1.82, 2.24) is 20.1 Å². The monoisotopic (exact) mass is 342 g/mol. The van der Waals surface area contributed by atoms with Crippen molar-refractivity contribution in [2.24, 2.45) is 0 Å². The zero-order valence-corrected chi connectivity index (χ0v) is 14.7. The third-order valence-corrected chi connectivity index (χ3v) is 5.62. The molecule has 1 saturated heterocycles. The quantitative estimate of drug-likeness (QED) is 0.927. The number of aryl methyl sites for hydroxylation is 1. The molecule has 3 heterocycles. The molecule has 1 aromatic heterocycles. The summed E-state index contributed by atoms with van der Waals surface area (Å²) in [5.74, 6) is 0.161. The maximum absolute atomic E-state index is 12.7. The van der Waals surface area contributed by atoms with Crippen LogP contribution in [0.25, 0.3) is 0 Å². The molecule has 1 aromatic carbocycles. The van der Waals surface area contributed by atoms with Gasteiger partial charge in [0, 0.05) is 56.8 Å². The molecule has 0 saturated carbocycles. The number of hydrogen-bond donors (Lipinski definition) is 1. The molecule has 0 unspecified atom stereocenters. The van der Waals surface area contributed by atoms with Crippen molar-refractivity contribution in [1.29, 1.82) is 0 Å². The van der Waals surface area contributed by atoms with Crippen molar-refractivity contribution in [2.75, 3.05) is 26.2 Å². The maximum atomic E-state index is 12.7. The summed E-state index contributed by atoms with van der Waals surface area (Å²) in [5, 5.41) is 6.57. The van der Waals surface area contributed by atoms with E-state index in [0.717, 1.165) is 62.1 Å². The standard InChI is InChI=1S/C18H22N4OS/c1-13-20-17(12-24-13)11-21-4-6-22(7-5-21)18(23)14-2-3-15-9-19-10-16(15)8-14/h2-3,8,12,19H,4-7,9-11H2,1H3. The molecule has 0 aliphatic carbocycles. The smallest absolute Gasteiger partial charge is 0.253 e. The first-order valence-electron chi connectivity index (χ1n) is 8.44. The highest BCUT2D eigenvalue weighted by Crippen LogP contribution is 2.19. The second-order valence-electron chi connectivity index (χ2n) is 6.51. The van der Waals surface area contributed by atoms with Gasteiger partial charge in [0.25, 0.3) is 5.91 Å². The Morgan fingerprint density at radius 2 is 2.00 bits per heavy atom. The summed E-state index contributed by atoms with van der Waals surface area (Å²) < 4.78 is 0. The van der Waals surface area contributed by atoms with Gasteiger partial charge in [0.15, 0.2) is 0 Å². The molecule has 5 nitrogen and oxygen atoms in total. The summed E-state index contributed by atoms with van der Waals surface area (Å²) in [4.78, 5) is 21.6. The minimum atomic E-state index is 0.161. The van der Waals surface area contributed by atoms with Gasteiger partial charge in [-0.25, -0.2) is 4.98 Å². The third-order valence-electron chi connectivity index (χ3n) is 4.80. The van der Waals surface area contributed by atoms with Gasteiger partial charge in [-0.15, -0.1) is 11.3 Å². The SMILES string of the molecule is Cc1nc(CN2CCN(C(=O)c3ccc4c(c3)CNC4)CC2)cs1. The number of carbonyl (C=O) groups is 1. The average Bonchev–Trinajstić information content (AvgIpc) is 3.23. The Bertz CT molecular complexity index is 749. The van der Waals surface area contributed by atoms with Gasteiger partial charge >= 0.3 is 0 Å². The predicted octanol–water partition coefficient (Wildman–Crippen LogP) is 2.01. The number of rotatable bonds is 3. The molecular formula is C18H22N4OS. The summed E-state index contributed by atoms with van der Waals surface area (Å²) in [6.07, 6.45) is 0. The van der Waals surface area contributed by atoms with Crippen LogP contribution in [-0.2, 0) is 19.6 Å². The average molecular weight is 342 g/mol. The summed E-state index contributed by atoms with van der Waals surface area (Å²) in [6, 6.07) is 6.12. The predicted molar refractivity (Wildman–Crippen MR) is 95.0 cm³/mol. The number of fused-ring (bicyclic) bond motifs is 1. The van der Waals surface area contributed by atoms with E-state index in [1.807, 2.05) is 17.9 Å². The fourth-order valence-electron chi connectivity index (χ4n) is 3.43. The normalized spacial score (nSPS) is 18.0. The zero-order chi connectivity index (χ0) is 16.5. The van der Waals surface area contributed by atoms with E-state index in [1.54, 1.807) is 11.3 Å². The lowest BCUT2D eigenvalue weighted by Crippen LogP contribution is -2.48. The Kier molecular flexibility index (Phi) is 4.35. The Morgan fingerprint density at radius 3 is 2.75 bits per heavy atom. The van der Waals surface area contributed by atoms with Gasteiger partial charge in [0.1, 0.15) is 0 Å². The van der Waals surface area contributed by atoms with Gasteiger partial charge in [-0.3, -0.25) is 9.69 Å². The summed E-state index contributed by atoms with van der Waals surface area (Å²) >= 11 is 1.70. The van der Waals surface area contributed by atoms with Crippen molar-refractivity contribution >= 4 is 17.2 Å². The number of aromatic nitrogens is 1. The van der Waals surface area contributed by atoms with Crippen molar-refractivity contribution in [2.45, 2.75) is 26.6 Å². The molecule has 24 heavy (non-hydrogen) atoms. The molecule has 1 fully saturated rings. The number of thiazole rings is 1.